The second-order valence-corrected chi connectivity index (χ2v) is 28.0. The summed E-state index contributed by atoms with van der Waals surface area (Å²) in [5.74, 6) is -22.5. The number of hydrogen-bond donors (Lipinski definition) is 21. The number of nitrogens with two attached hydrogens (primary N) is 5. The molecule has 26 N–H and O–H groups in total. The fraction of sp³-hybridized carbons (Fsp3) is 0.708. The first kappa shape index (κ1) is 93.7. The first-order valence-corrected chi connectivity index (χ1v) is 34.8. The van der Waals surface area contributed by atoms with Crippen LogP contribution < -0.4 is 92.5 Å². The molecule has 0 aliphatic carbocycles. The first-order valence-electron chi connectivity index (χ1n) is 34.8. The summed E-state index contributed by atoms with van der Waals surface area (Å²) < 4.78 is 0. The summed E-state index contributed by atoms with van der Waals surface area (Å²) in [6.07, 6.45) is -5.48. The predicted octanol–water partition coefficient (Wildman–Crippen LogP) is -7.17. The fourth-order valence-corrected chi connectivity index (χ4v) is 10.7. The summed E-state index contributed by atoms with van der Waals surface area (Å²) in [4.78, 5) is 244. The van der Waals surface area contributed by atoms with Gasteiger partial charge in [0.2, 0.25) is 88.6 Å². The lowest BCUT2D eigenvalue weighted by atomic mass is 9.99. The summed E-state index contributed by atoms with van der Waals surface area (Å²) in [5, 5.41) is 68.1. The van der Waals surface area contributed by atoms with Gasteiger partial charge in [0.05, 0.1) is 31.4 Å². The third-order valence-corrected chi connectivity index (χ3v) is 16.5. The molecule has 0 bridgehead atoms. The number of hydrogen-bond acceptors (Lipinski definition) is 21. The molecule has 0 spiro atoms. The maximum Gasteiger partial charge on any atom is 0.326 e. The van der Waals surface area contributed by atoms with Crippen LogP contribution in [0.5, 0.6) is 0 Å². The molecule has 0 radical (unpaired) electrons. The zero-order valence-corrected chi connectivity index (χ0v) is 62.2. The van der Waals surface area contributed by atoms with E-state index in [9.17, 15) is 102 Å². The highest BCUT2D eigenvalue weighted by molar-refractivity contribution is 6.01. The van der Waals surface area contributed by atoms with Gasteiger partial charge in [0.15, 0.2) is 5.96 Å². The number of nitrogens with zero attached hydrogens (tertiary/aromatic N) is 2. The van der Waals surface area contributed by atoms with Crippen molar-refractivity contribution in [1.29, 1.82) is 0 Å². The zero-order chi connectivity index (χ0) is 81.5. The van der Waals surface area contributed by atoms with Gasteiger partial charge >= 0.3 is 17.9 Å². The van der Waals surface area contributed by atoms with Gasteiger partial charge in [-0.2, -0.15) is 0 Å². The number of aliphatic hydroxyl groups is 1. The van der Waals surface area contributed by atoms with Gasteiger partial charge in [-0.05, 0) is 95.3 Å². The van der Waals surface area contributed by atoms with Crippen molar-refractivity contribution in [3.05, 3.63) is 0 Å². The van der Waals surface area contributed by atoms with Crippen LogP contribution in [0.15, 0.2) is 4.99 Å². The molecule has 1 fully saturated rings. The van der Waals surface area contributed by atoms with Crippen LogP contribution in [-0.4, -0.2) is 242 Å². The molecule has 41 nitrogen and oxygen atoms in total. The molecule has 1 rings (SSSR count). The number of nitrogens with one attached hydrogen (secondary N) is 12. The number of aliphatic imine (C=N–C) groups is 1. The topological polar surface area (TPSA) is 678 Å². The normalized spacial score (nSPS) is 16.7. The number of rotatable bonds is 47. The summed E-state index contributed by atoms with van der Waals surface area (Å²) in [6.45, 7) is 19.4. The smallest absolute Gasteiger partial charge is 0.326 e. The van der Waals surface area contributed by atoms with Gasteiger partial charge in [-0.15, -0.1) is 0 Å². The first-order chi connectivity index (χ1) is 49.1. The molecule has 41 heteroatoms. The molecule has 15 atom stereocenters. The Hall–Kier alpha value is -10.3. The van der Waals surface area contributed by atoms with E-state index in [1.807, 2.05) is 0 Å². The Labute approximate surface area is 613 Å². The van der Waals surface area contributed by atoms with E-state index < -0.39 is 253 Å². The van der Waals surface area contributed by atoms with Gasteiger partial charge < -0.3 is 118 Å². The summed E-state index contributed by atoms with van der Waals surface area (Å²) in [7, 11) is 0. The number of amides is 15. The Morgan fingerprint density at radius 1 is 0.425 bits per heavy atom. The number of primary amides is 2. The lowest BCUT2D eigenvalue weighted by Gasteiger charge is -2.32. The molecule has 0 aromatic rings. The second kappa shape index (κ2) is 45.1. The fourth-order valence-electron chi connectivity index (χ4n) is 10.7. The number of guanidine groups is 1. The Balaban J connectivity index is 3.42. The molecule has 106 heavy (non-hydrogen) atoms. The van der Waals surface area contributed by atoms with Crippen molar-refractivity contribution in [2.24, 2.45) is 63.3 Å². The summed E-state index contributed by atoms with van der Waals surface area (Å²) in [6, 6.07) is -21.7. The molecule has 1 saturated heterocycles. The second-order valence-electron chi connectivity index (χ2n) is 28.0. The number of carboxylic acids is 3. The highest BCUT2D eigenvalue weighted by atomic mass is 16.4. The largest absolute Gasteiger partial charge is 0.481 e. The molecule has 0 saturated carbocycles. The summed E-state index contributed by atoms with van der Waals surface area (Å²) >= 11 is 0. The van der Waals surface area contributed by atoms with E-state index in [0.29, 0.717) is 0 Å². The Kier molecular flexibility index (Phi) is 39.9. The molecule has 0 unspecified atom stereocenters. The van der Waals surface area contributed by atoms with Crippen LogP contribution in [0.2, 0.25) is 0 Å². The van der Waals surface area contributed by atoms with Gasteiger partial charge in [-0.1, -0.05) is 69.2 Å². The average molecular weight is 1510 g/mol. The maximum absolute atomic E-state index is 14.3. The predicted molar refractivity (Wildman–Crippen MR) is 377 cm³/mol. The van der Waals surface area contributed by atoms with E-state index in [-0.39, 0.29) is 63.5 Å². The number of aliphatic hydroxyl groups excluding tert-OH is 1. The molecule has 598 valence electrons. The van der Waals surface area contributed by atoms with Crippen LogP contribution in [0.4, 0.5) is 0 Å². The number of aliphatic carboxylic acids is 3. The van der Waals surface area contributed by atoms with Crippen LogP contribution >= 0.6 is 0 Å². The van der Waals surface area contributed by atoms with Crippen LogP contribution in [-0.2, 0) is 86.3 Å². The molecule has 0 aromatic carbocycles. The van der Waals surface area contributed by atoms with Crippen molar-refractivity contribution >= 4 is 112 Å². The van der Waals surface area contributed by atoms with Gasteiger partial charge in [-0.3, -0.25) is 86.5 Å². The zero-order valence-electron chi connectivity index (χ0n) is 62.2. The Bertz CT molecular complexity index is 3180. The van der Waals surface area contributed by atoms with E-state index >= 15 is 0 Å². The third-order valence-electron chi connectivity index (χ3n) is 16.5. The quantitative estimate of drug-likeness (QED) is 0.0153. The number of carbonyl (C=O) groups excluding carboxylic acids is 15. The molecule has 1 aliphatic heterocycles. The average Bonchev–Trinajstić information content (AvgIpc) is 1.61. The van der Waals surface area contributed by atoms with Crippen LogP contribution in [0.25, 0.3) is 0 Å². The SMILES string of the molecule is CC(C)C[C@H](NC(=O)[C@H](C)NC(=O)[C@@H](NC(=O)[C@H](CC(N)=O)NC(=O)[C@@H]1CCCN1C(=O)[C@@H](NC(=O)[C@H](CC(C)C)NC(=O)[C@@H](N)CC(N)=O)C(C)C)[C@@H](C)O)C(=O)N[C@@H](CC(=O)O)C(=O)N[C@@H](CCCN=C(N)N)C(=O)N[C@@H](C)C(=O)N[C@H](C(=O)N[C@H](C(=O)N[C@@H](CCC(=O)O)C(=O)O)C(C)C)C(C)C. The van der Waals surface area contributed by atoms with E-state index in [1.54, 1.807) is 41.5 Å². The maximum atomic E-state index is 14.3. The number of carboxylic acid groups (broad SMARTS) is 3. The van der Waals surface area contributed by atoms with Crippen molar-refractivity contribution in [1.82, 2.24) is 68.7 Å². The molecule has 0 aromatic heterocycles. The van der Waals surface area contributed by atoms with E-state index in [0.717, 1.165) is 18.7 Å². The highest BCUT2D eigenvalue weighted by Gasteiger charge is 2.43. The molecule has 1 aliphatic rings. The van der Waals surface area contributed by atoms with Crippen molar-refractivity contribution in [2.75, 3.05) is 13.1 Å². The molecular formula is C65H111N19O22. The molecule has 15 amide bonds. The van der Waals surface area contributed by atoms with Gasteiger partial charge in [0.25, 0.3) is 0 Å². The van der Waals surface area contributed by atoms with E-state index in [4.69, 9.17) is 33.8 Å². The van der Waals surface area contributed by atoms with Crippen molar-refractivity contribution < 1.29 is 107 Å². The lowest BCUT2D eigenvalue weighted by molar-refractivity contribution is -0.144. The van der Waals surface area contributed by atoms with E-state index in [1.165, 1.54) is 34.6 Å². The molecular weight excluding hydrogens is 1400 g/mol. The van der Waals surface area contributed by atoms with Crippen LogP contribution in [0, 0.1) is 29.6 Å². The van der Waals surface area contributed by atoms with Crippen molar-refractivity contribution in [3.63, 3.8) is 0 Å². The third kappa shape index (κ3) is 33.2. The minimum atomic E-state index is -1.99. The minimum Gasteiger partial charge on any atom is -0.481 e. The number of carbonyl (C=O) groups is 18. The highest BCUT2D eigenvalue weighted by Crippen LogP contribution is 2.22. The summed E-state index contributed by atoms with van der Waals surface area (Å²) in [5.41, 5.74) is 27.4. The van der Waals surface area contributed by atoms with Crippen molar-refractivity contribution in [2.45, 2.75) is 251 Å². The van der Waals surface area contributed by atoms with Gasteiger partial charge in [-0.25, -0.2) is 4.79 Å². The lowest BCUT2D eigenvalue weighted by Crippen LogP contribution is -2.62. The monoisotopic (exact) mass is 1510 g/mol. The van der Waals surface area contributed by atoms with Crippen molar-refractivity contribution in [3.8, 4) is 0 Å². The number of likely N-dealkylation sites (tertiary alicyclic amines) is 1. The van der Waals surface area contributed by atoms with Gasteiger partial charge in [0, 0.05) is 19.5 Å². The van der Waals surface area contributed by atoms with Crippen LogP contribution in [0.1, 0.15) is 161 Å². The van der Waals surface area contributed by atoms with E-state index in [2.05, 4.69) is 68.8 Å². The minimum absolute atomic E-state index is 0.00986. The van der Waals surface area contributed by atoms with Crippen LogP contribution in [0.3, 0.4) is 0 Å². The Morgan fingerprint density at radius 3 is 1.29 bits per heavy atom. The standard InChI is InChI=1S/C65H111N19O22/c1-27(2)22-38(55(96)78-41(26-46(90)91)56(97)74-36(16-14-20-71-65(69)70)54(95)72-33(12)52(93)80-48(30(7)8)61(102)81-47(29(5)6)60(101)75-37(64(105)106)18-19-45(88)89)76-51(92)32(11)73-62(103)50(34(13)85)83-58(99)40(25-44(68)87)79-59(100)42-17-15-21-84(42)63(104)49(31(9)10)82-57(98)39(23-28(3)4)77-53(94)35(66)24-43(67)86/h27-42,47-50,85H,14-26,66H2,1-13H3,(H2,67,86)(H2,68,87)(H,72,95)(H,73,103)(H,74,97)(H,75,101)(H,76,92)(H,77,94)(H,78,96)(H,79,100)(H,80,93)(H,81,102)(H,82,98)(H,83,99)(H,88,89)(H,90,91)(H,105,106)(H4,69,70,71)/t32-,33-,34+,35-,36-,37-,38-,39-,40-,41-,42-,47-,48-,49-,50-/m0/s1. The molecule has 1 heterocycles. The van der Waals surface area contributed by atoms with Gasteiger partial charge in [0.1, 0.15) is 78.5 Å². The Morgan fingerprint density at radius 2 is 0.821 bits per heavy atom.